The molecular formula is C24H27F3N6O2S. The molecule has 2 atom stereocenters. The third kappa shape index (κ3) is 5.40. The monoisotopic (exact) mass is 520 g/mol. The Morgan fingerprint density at radius 1 is 1.08 bits per heavy atom. The summed E-state index contributed by atoms with van der Waals surface area (Å²) in [5, 5.41) is 4.66. The van der Waals surface area contributed by atoms with E-state index in [1.807, 2.05) is 19.9 Å². The van der Waals surface area contributed by atoms with Gasteiger partial charge in [-0.15, -0.1) is 0 Å². The number of ether oxygens (including phenoxy) is 1. The van der Waals surface area contributed by atoms with Crippen LogP contribution in [0.4, 0.5) is 13.2 Å². The number of rotatable bonds is 5. The van der Waals surface area contributed by atoms with E-state index < -0.39 is 11.2 Å². The molecule has 1 aromatic carbocycles. The molecule has 0 radical (unpaired) electrons. The standard InChI is InChI=1S/C23H23F3N6O2S.CH4/c1-14-9-30(10-15(2)34-14)11-16-7-18-20(27-8-16)31(22(33)32-21(18)28-13-29-32)12-17-5-3-4-6-19(17)35-23(24,25)26;/h3-8,13-15H,9-12H2,1-2H3;1H4/t14-,15+;. The van der Waals surface area contributed by atoms with Crippen LogP contribution in [0, 0.1) is 0 Å². The molecule has 12 heteroatoms. The van der Waals surface area contributed by atoms with Crippen LogP contribution in [0.5, 0.6) is 0 Å². The normalized spacial score (nSPS) is 19.0. The molecule has 0 aliphatic carbocycles. The van der Waals surface area contributed by atoms with Gasteiger partial charge in [-0.3, -0.25) is 9.47 Å². The highest BCUT2D eigenvalue weighted by Gasteiger charge is 2.30. The first-order chi connectivity index (χ1) is 16.7. The summed E-state index contributed by atoms with van der Waals surface area (Å²) < 4.78 is 47.6. The lowest BCUT2D eigenvalue weighted by Gasteiger charge is -2.35. The first-order valence-electron chi connectivity index (χ1n) is 11.1. The van der Waals surface area contributed by atoms with Crippen molar-refractivity contribution in [1.29, 1.82) is 0 Å². The van der Waals surface area contributed by atoms with E-state index in [0.29, 0.717) is 28.8 Å². The maximum absolute atomic E-state index is 13.2. The molecule has 0 N–H and O–H groups in total. The number of benzene rings is 1. The maximum Gasteiger partial charge on any atom is 0.446 e. The third-order valence-electron chi connectivity index (χ3n) is 5.81. The fourth-order valence-corrected chi connectivity index (χ4v) is 5.24. The molecule has 192 valence electrons. The molecule has 5 rings (SSSR count). The number of halogens is 3. The highest BCUT2D eigenvalue weighted by atomic mass is 32.2. The Bertz CT molecular complexity index is 1430. The van der Waals surface area contributed by atoms with E-state index in [9.17, 15) is 18.0 Å². The van der Waals surface area contributed by atoms with Crippen LogP contribution in [0.2, 0.25) is 0 Å². The summed E-state index contributed by atoms with van der Waals surface area (Å²) in [6, 6.07) is 8.07. The van der Waals surface area contributed by atoms with Crippen molar-refractivity contribution in [3.8, 4) is 0 Å². The predicted molar refractivity (Wildman–Crippen MR) is 132 cm³/mol. The van der Waals surface area contributed by atoms with E-state index in [1.165, 1.54) is 23.0 Å². The van der Waals surface area contributed by atoms with Gasteiger partial charge in [-0.2, -0.15) is 22.8 Å². The zero-order valence-electron chi connectivity index (χ0n) is 19.1. The van der Waals surface area contributed by atoms with E-state index >= 15 is 0 Å². The van der Waals surface area contributed by atoms with Gasteiger partial charge < -0.3 is 4.74 Å². The quantitative estimate of drug-likeness (QED) is 0.362. The van der Waals surface area contributed by atoms with E-state index in [0.717, 1.165) is 23.2 Å². The Kier molecular flexibility index (Phi) is 7.39. The molecule has 36 heavy (non-hydrogen) atoms. The first-order valence-corrected chi connectivity index (χ1v) is 11.9. The van der Waals surface area contributed by atoms with Crippen molar-refractivity contribution >= 4 is 28.4 Å². The summed E-state index contributed by atoms with van der Waals surface area (Å²) in [7, 11) is 0. The molecule has 1 aliphatic rings. The Morgan fingerprint density at radius 2 is 1.81 bits per heavy atom. The van der Waals surface area contributed by atoms with Crippen molar-refractivity contribution < 1.29 is 17.9 Å². The molecule has 8 nitrogen and oxygen atoms in total. The first kappa shape index (κ1) is 26.1. The highest BCUT2D eigenvalue weighted by Crippen LogP contribution is 2.38. The molecule has 4 aromatic rings. The summed E-state index contributed by atoms with van der Waals surface area (Å²) >= 11 is -0.201. The van der Waals surface area contributed by atoms with Gasteiger partial charge in [-0.05, 0) is 48.9 Å². The third-order valence-corrected chi connectivity index (χ3v) is 6.66. The zero-order chi connectivity index (χ0) is 24.7. The minimum Gasteiger partial charge on any atom is -0.373 e. The molecule has 1 aliphatic heterocycles. The average molecular weight is 521 g/mol. The number of hydrogen-bond donors (Lipinski definition) is 0. The lowest BCUT2D eigenvalue weighted by Crippen LogP contribution is -2.44. The predicted octanol–water partition coefficient (Wildman–Crippen LogP) is 4.34. The number of thioether (sulfide) groups is 1. The Balaban J connectivity index is 0.00000304. The van der Waals surface area contributed by atoms with Gasteiger partial charge in [0.05, 0.1) is 24.1 Å². The van der Waals surface area contributed by atoms with Crippen LogP contribution in [-0.2, 0) is 17.8 Å². The summed E-state index contributed by atoms with van der Waals surface area (Å²) in [5.41, 5.74) is -2.97. The Hall–Kier alpha value is -2.96. The van der Waals surface area contributed by atoms with E-state index in [4.69, 9.17) is 4.74 Å². The molecule has 0 saturated carbocycles. The number of aromatic nitrogens is 5. The summed E-state index contributed by atoms with van der Waals surface area (Å²) in [5.74, 6) is 0. The van der Waals surface area contributed by atoms with Crippen molar-refractivity contribution in [3.05, 3.63) is 64.5 Å². The molecule has 1 saturated heterocycles. The number of hydrogen-bond acceptors (Lipinski definition) is 7. The van der Waals surface area contributed by atoms with Crippen LogP contribution in [-0.4, -0.2) is 59.9 Å². The Morgan fingerprint density at radius 3 is 2.53 bits per heavy atom. The van der Waals surface area contributed by atoms with Crippen LogP contribution in [0.3, 0.4) is 0 Å². The van der Waals surface area contributed by atoms with E-state index in [-0.39, 0.29) is 42.8 Å². The van der Waals surface area contributed by atoms with Crippen molar-refractivity contribution in [2.75, 3.05) is 13.1 Å². The number of nitrogens with zero attached hydrogens (tertiary/aromatic N) is 6. The molecule has 0 bridgehead atoms. The highest BCUT2D eigenvalue weighted by molar-refractivity contribution is 8.00. The molecule has 4 heterocycles. The second-order valence-corrected chi connectivity index (χ2v) is 9.79. The van der Waals surface area contributed by atoms with Gasteiger partial charge >= 0.3 is 11.2 Å². The van der Waals surface area contributed by atoms with Gasteiger partial charge in [0.2, 0.25) is 0 Å². The van der Waals surface area contributed by atoms with E-state index in [2.05, 4.69) is 20.0 Å². The van der Waals surface area contributed by atoms with Crippen molar-refractivity contribution in [2.45, 2.75) is 57.0 Å². The van der Waals surface area contributed by atoms with Gasteiger partial charge in [-0.1, -0.05) is 25.6 Å². The Labute approximate surface area is 210 Å². The van der Waals surface area contributed by atoms with Crippen LogP contribution in [0.1, 0.15) is 32.4 Å². The SMILES string of the molecule is C.C[C@@H]1CN(Cc2cnc3c(c2)c2ncnn2c(=O)n3Cc2ccccc2SC(F)(F)F)C[C@H](C)O1. The number of fused-ring (bicyclic) bond motifs is 3. The molecule has 1 fully saturated rings. The number of morpholine rings is 1. The van der Waals surface area contributed by atoms with Crippen LogP contribution >= 0.6 is 11.8 Å². The second kappa shape index (κ2) is 10.2. The smallest absolute Gasteiger partial charge is 0.373 e. The number of pyridine rings is 1. The van der Waals surface area contributed by atoms with Gasteiger partial charge in [0.15, 0.2) is 5.65 Å². The van der Waals surface area contributed by atoms with Gasteiger partial charge in [-0.25, -0.2) is 14.8 Å². The zero-order valence-corrected chi connectivity index (χ0v) is 19.9. The largest absolute Gasteiger partial charge is 0.446 e. The molecule has 0 amide bonds. The fraction of sp³-hybridized carbons (Fsp3) is 0.417. The fourth-order valence-electron chi connectivity index (χ4n) is 4.58. The number of alkyl halides is 3. The molecule has 0 spiro atoms. The minimum absolute atomic E-state index is 0. The van der Waals surface area contributed by atoms with Gasteiger partial charge in [0.1, 0.15) is 12.0 Å². The average Bonchev–Trinajstić information content (AvgIpc) is 3.27. The summed E-state index contributed by atoms with van der Waals surface area (Å²) in [6.45, 7) is 6.20. The van der Waals surface area contributed by atoms with Gasteiger partial charge in [0.25, 0.3) is 0 Å². The second-order valence-electron chi connectivity index (χ2n) is 8.69. The summed E-state index contributed by atoms with van der Waals surface area (Å²) in [4.78, 5) is 24.3. The topological polar surface area (TPSA) is 77.6 Å². The molecular weight excluding hydrogens is 493 g/mol. The van der Waals surface area contributed by atoms with Crippen LogP contribution < -0.4 is 5.69 Å². The lowest BCUT2D eigenvalue weighted by atomic mass is 10.1. The van der Waals surface area contributed by atoms with Crippen molar-refractivity contribution in [3.63, 3.8) is 0 Å². The molecule has 3 aromatic heterocycles. The van der Waals surface area contributed by atoms with E-state index in [1.54, 1.807) is 18.3 Å². The van der Waals surface area contributed by atoms with Crippen LogP contribution in [0.25, 0.3) is 16.7 Å². The molecule has 0 unspecified atom stereocenters. The summed E-state index contributed by atoms with van der Waals surface area (Å²) in [6.07, 6.45) is 3.23. The van der Waals surface area contributed by atoms with Crippen molar-refractivity contribution in [1.82, 2.24) is 29.0 Å². The lowest BCUT2D eigenvalue weighted by molar-refractivity contribution is -0.0705. The maximum atomic E-state index is 13.2. The van der Waals surface area contributed by atoms with Crippen molar-refractivity contribution in [2.24, 2.45) is 0 Å². The van der Waals surface area contributed by atoms with Crippen LogP contribution in [0.15, 0.2) is 52.5 Å². The minimum atomic E-state index is -4.44. The van der Waals surface area contributed by atoms with Gasteiger partial charge in [0, 0.05) is 30.7 Å².